The van der Waals surface area contributed by atoms with E-state index in [0.29, 0.717) is 0 Å². The number of pyridine rings is 1. The topological polar surface area (TPSA) is 38.7 Å². The molecule has 0 spiro atoms. The molecule has 2 heterocycles. The van der Waals surface area contributed by atoms with Crippen molar-refractivity contribution < 1.29 is 0 Å². The van der Waals surface area contributed by atoms with E-state index in [4.69, 9.17) is 0 Å². The molecule has 0 aliphatic heterocycles. The average Bonchev–Trinajstić information content (AvgIpc) is 2.19. The van der Waals surface area contributed by atoms with Crippen molar-refractivity contribution in [1.82, 2.24) is 15.0 Å². The fourth-order valence-corrected chi connectivity index (χ4v) is 1.40. The quantitative estimate of drug-likeness (QED) is 0.697. The van der Waals surface area contributed by atoms with Crippen molar-refractivity contribution >= 4 is 11.2 Å². The summed E-state index contributed by atoms with van der Waals surface area (Å²) in [5.74, 6) is 0. The number of hydrogen-bond donors (Lipinski definition) is 0. The molecule has 3 heteroatoms. The van der Waals surface area contributed by atoms with Crippen molar-refractivity contribution in [2.24, 2.45) is 0 Å². The minimum atomic E-state index is 0.744. The van der Waals surface area contributed by atoms with Crippen LogP contribution in [0.2, 0.25) is 0 Å². The maximum absolute atomic E-state index is 4.27. The van der Waals surface area contributed by atoms with Crippen LogP contribution in [0.25, 0.3) is 11.2 Å². The van der Waals surface area contributed by atoms with Crippen molar-refractivity contribution in [2.45, 2.75) is 19.8 Å². The highest BCUT2D eigenvalue weighted by Crippen LogP contribution is 2.12. The van der Waals surface area contributed by atoms with Crippen LogP contribution < -0.4 is 0 Å². The molecule has 0 fully saturated rings. The van der Waals surface area contributed by atoms with Crippen molar-refractivity contribution in [3.05, 3.63) is 30.2 Å². The van der Waals surface area contributed by atoms with Gasteiger partial charge in [0.2, 0.25) is 0 Å². The summed E-state index contributed by atoms with van der Waals surface area (Å²) < 4.78 is 0. The first-order valence-electron chi connectivity index (χ1n) is 4.46. The second-order valence-electron chi connectivity index (χ2n) is 2.95. The Kier molecular flexibility index (Phi) is 2.17. The molecule has 66 valence electrons. The third-order valence-corrected chi connectivity index (χ3v) is 1.97. The van der Waals surface area contributed by atoms with E-state index in [0.717, 1.165) is 24.0 Å². The van der Waals surface area contributed by atoms with Crippen molar-refractivity contribution in [2.75, 3.05) is 0 Å². The van der Waals surface area contributed by atoms with E-state index >= 15 is 0 Å². The number of rotatable bonds is 2. The molecule has 0 amide bonds. The Labute approximate surface area is 76.9 Å². The lowest BCUT2D eigenvalue weighted by atomic mass is 10.1. The van der Waals surface area contributed by atoms with Crippen LogP contribution in [0.4, 0.5) is 0 Å². The second kappa shape index (κ2) is 3.47. The Morgan fingerprint density at radius 1 is 1.08 bits per heavy atom. The number of aryl methyl sites for hydroxylation is 1. The molecule has 13 heavy (non-hydrogen) atoms. The number of hydrogen-bond acceptors (Lipinski definition) is 3. The highest BCUT2D eigenvalue weighted by atomic mass is 14.9. The highest BCUT2D eigenvalue weighted by Gasteiger charge is 2.01. The number of aromatic nitrogens is 3. The predicted octanol–water partition coefficient (Wildman–Crippen LogP) is 1.98. The van der Waals surface area contributed by atoms with Gasteiger partial charge >= 0.3 is 0 Å². The van der Waals surface area contributed by atoms with Crippen LogP contribution in [0.5, 0.6) is 0 Å². The summed E-state index contributed by atoms with van der Waals surface area (Å²) in [7, 11) is 0. The fraction of sp³-hybridized carbons (Fsp3) is 0.300. The van der Waals surface area contributed by atoms with Gasteiger partial charge in [-0.2, -0.15) is 0 Å². The summed E-state index contributed by atoms with van der Waals surface area (Å²) in [6, 6.07) is 2.01. The molecular formula is C10H11N3. The van der Waals surface area contributed by atoms with E-state index in [9.17, 15) is 0 Å². The van der Waals surface area contributed by atoms with E-state index in [-0.39, 0.29) is 0 Å². The Hall–Kier alpha value is -1.51. The zero-order valence-electron chi connectivity index (χ0n) is 7.57. The zero-order chi connectivity index (χ0) is 9.10. The van der Waals surface area contributed by atoms with E-state index in [1.165, 1.54) is 5.56 Å². The van der Waals surface area contributed by atoms with E-state index in [1.807, 2.05) is 6.07 Å². The molecule has 0 radical (unpaired) electrons. The molecule has 2 aromatic rings. The van der Waals surface area contributed by atoms with Crippen molar-refractivity contribution in [3.8, 4) is 0 Å². The van der Waals surface area contributed by atoms with Crippen LogP contribution in [-0.4, -0.2) is 15.0 Å². The largest absolute Gasteiger partial charge is 0.251 e. The smallest absolute Gasteiger partial charge is 0.178 e. The number of fused-ring (bicyclic) bond motifs is 1. The summed E-state index contributed by atoms with van der Waals surface area (Å²) in [5.41, 5.74) is 2.92. The maximum atomic E-state index is 4.27. The minimum absolute atomic E-state index is 0.744. The normalized spacial score (nSPS) is 10.5. The lowest BCUT2D eigenvalue weighted by Gasteiger charge is -2.01. The summed E-state index contributed by atoms with van der Waals surface area (Å²) >= 11 is 0. The molecule has 0 aliphatic rings. The fourth-order valence-electron chi connectivity index (χ4n) is 1.40. The molecule has 0 unspecified atom stereocenters. The zero-order valence-corrected chi connectivity index (χ0v) is 7.57. The van der Waals surface area contributed by atoms with Gasteiger partial charge in [0, 0.05) is 18.6 Å². The van der Waals surface area contributed by atoms with Gasteiger partial charge in [0.25, 0.3) is 0 Å². The van der Waals surface area contributed by atoms with Gasteiger partial charge in [-0.25, -0.2) is 9.97 Å². The monoisotopic (exact) mass is 173 g/mol. The molecule has 0 saturated heterocycles. The number of nitrogens with zero attached hydrogens (tertiary/aromatic N) is 3. The lowest BCUT2D eigenvalue weighted by Crippen LogP contribution is -1.92. The first kappa shape index (κ1) is 8.10. The molecule has 0 saturated carbocycles. The van der Waals surface area contributed by atoms with E-state index in [2.05, 4.69) is 21.9 Å². The van der Waals surface area contributed by atoms with Crippen LogP contribution >= 0.6 is 0 Å². The van der Waals surface area contributed by atoms with Gasteiger partial charge in [0.1, 0.15) is 5.52 Å². The van der Waals surface area contributed by atoms with Gasteiger partial charge in [0.05, 0.1) is 0 Å². The molecule has 0 aliphatic carbocycles. The Balaban J connectivity index is 2.61. The predicted molar refractivity (Wildman–Crippen MR) is 51.3 cm³/mol. The SMILES string of the molecule is CCCc1ccnc2nccnc12. The van der Waals surface area contributed by atoms with E-state index in [1.54, 1.807) is 18.6 Å². The molecule has 0 atom stereocenters. The van der Waals surface area contributed by atoms with Crippen LogP contribution in [0.1, 0.15) is 18.9 Å². The van der Waals surface area contributed by atoms with Gasteiger partial charge in [-0.3, -0.25) is 4.98 Å². The van der Waals surface area contributed by atoms with Crippen molar-refractivity contribution in [3.63, 3.8) is 0 Å². The Morgan fingerprint density at radius 3 is 2.69 bits per heavy atom. The first-order chi connectivity index (χ1) is 6.42. The molecular weight excluding hydrogens is 162 g/mol. The summed E-state index contributed by atoms with van der Waals surface area (Å²) in [4.78, 5) is 12.6. The summed E-state index contributed by atoms with van der Waals surface area (Å²) in [6.45, 7) is 2.16. The van der Waals surface area contributed by atoms with Crippen LogP contribution in [0.3, 0.4) is 0 Å². The van der Waals surface area contributed by atoms with Crippen LogP contribution in [0.15, 0.2) is 24.7 Å². The standard InChI is InChI=1S/C10H11N3/c1-2-3-8-4-5-12-10-9(8)11-6-7-13-10/h4-7H,2-3H2,1H3. The molecule has 2 aromatic heterocycles. The molecule has 0 bridgehead atoms. The Morgan fingerprint density at radius 2 is 1.85 bits per heavy atom. The van der Waals surface area contributed by atoms with Crippen LogP contribution in [-0.2, 0) is 6.42 Å². The first-order valence-corrected chi connectivity index (χ1v) is 4.46. The van der Waals surface area contributed by atoms with Gasteiger partial charge in [-0.05, 0) is 18.1 Å². The third-order valence-electron chi connectivity index (χ3n) is 1.97. The molecule has 2 rings (SSSR count). The van der Waals surface area contributed by atoms with E-state index < -0.39 is 0 Å². The maximum Gasteiger partial charge on any atom is 0.178 e. The molecule has 0 aromatic carbocycles. The van der Waals surface area contributed by atoms with Crippen molar-refractivity contribution in [1.29, 1.82) is 0 Å². The minimum Gasteiger partial charge on any atom is -0.251 e. The average molecular weight is 173 g/mol. The van der Waals surface area contributed by atoms with Crippen LogP contribution in [0, 0.1) is 0 Å². The third kappa shape index (κ3) is 1.49. The molecule has 0 N–H and O–H groups in total. The highest BCUT2D eigenvalue weighted by molar-refractivity contribution is 5.72. The summed E-state index contributed by atoms with van der Waals surface area (Å²) in [6.07, 6.45) is 7.34. The van der Waals surface area contributed by atoms with Gasteiger partial charge in [-0.1, -0.05) is 13.3 Å². The molecule has 3 nitrogen and oxygen atoms in total. The van der Waals surface area contributed by atoms with Gasteiger partial charge < -0.3 is 0 Å². The Bertz CT molecular complexity index is 406. The lowest BCUT2D eigenvalue weighted by molar-refractivity contribution is 0.922. The van der Waals surface area contributed by atoms with Gasteiger partial charge in [0.15, 0.2) is 5.65 Å². The van der Waals surface area contributed by atoms with Gasteiger partial charge in [-0.15, -0.1) is 0 Å². The second-order valence-corrected chi connectivity index (χ2v) is 2.95. The summed E-state index contributed by atoms with van der Waals surface area (Å²) in [5, 5.41) is 0.